The second-order valence-electron chi connectivity index (χ2n) is 7.45. The molecule has 3 aromatic rings. The third-order valence-electron chi connectivity index (χ3n) is 5.24. The largest absolute Gasteiger partial charge is 0.462 e. The van der Waals surface area contributed by atoms with Gasteiger partial charge in [0.25, 0.3) is 10.0 Å². The summed E-state index contributed by atoms with van der Waals surface area (Å²) in [6.07, 6.45) is 3.81. The Morgan fingerprint density at radius 2 is 1.91 bits per heavy atom. The second kappa shape index (κ2) is 9.07. The van der Waals surface area contributed by atoms with E-state index in [9.17, 15) is 17.6 Å². The molecule has 2 heterocycles. The van der Waals surface area contributed by atoms with Crippen molar-refractivity contribution in [2.24, 2.45) is 0 Å². The molecule has 0 aliphatic carbocycles. The number of aromatic nitrogens is 3. The zero-order chi connectivity index (χ0) is 22.7. The second-order valence-corrected chi connectivity index (χ2v) is 9.13. The number of benzene rings is 2. The predicted octanol–water partition coefficient (Wildman–Crippen LogP) is 3.79. The summed E-state index contributed by atoms with van der Waals surface area (Å²) >= 11 is 0. The van der Waals surface area contributed by atoms with Gasteiger partial charge in [0.05, 0.1) is 22.6 Å². The number of hydrogen-bond donors (Lipinski definition) is 1. The molecule has 0 saturated heterocycles. The van der Waals surface area contributed by atoms with Crippen molar-refractivity contribution in [1.29, 1.82) is 0 Å². The third-order valence-corrected chi connectivity index (χ3v) is 6.64. The van der Waals surface area contributed by atoms with E-state index >= 15 is 0 Å². The van der Waals surface area contributed by atoms with Crippen LogP contribution in [0.25, 0.3) is 11.4 Å². The summed E-state index contributed by atoms with van der Waals surface area (Å²) in [7, 11) is -3.96. The monoisotopic (exact) mass is 458 g/mol. The fraction of sp³-hybridized carbons (Fsp3) is 0.318. The Hall–Kier alpha value is -3.27. The number of hydrogen-bond acceptors (Lipinski definition) is 6. The molecule has 0 fully saturated rings. The highest BCUT2D eigenvalue weighted by atomic mass is 32.2. The van der Waals surface area contributed by atoms with Crippen molar-refractivity contribution in [1.82, 2.24) is 14.8 Å². The van der Waals surface area contributed by atoms with E-state index in [0.29, 0.717) is 12.4 Å². The number of carbonyl (C=O) groups excluding carboxylic acids is 1. The Balaban J connectivity index is 1.60. The maximum Gasteiger partial charge on any atom is 0.338 e. The fourth-order valence-electron chi connectivity index (χ4n) is 3.64. The SMILES string of the molecule is CCOC(=O)c1ccc(S(=O)(=O)Nc2ccc(F)c(-c3nnc4n3CCCCC4)c2)cc1. The lowest BCUT2D eigenvalue weighted by molar-refractivity contribution is 0.0526. The lowest BCUT2D eigenvalue weighted by Gasteiger charge is -2.12. The Labute approximate surface area is 185 Å². The Bertz CT molecular complexity index is 1240. The van der Waals surface area contributed by atoms with Crippen molar-refractivity contribution in [3.8, 4) is 11.4 Å². The molecule has 0 amide bonds. The van der Waals surface area contributed by atoms with Gasteiger partial charge in [0.2, 0.25) is 0 Å². The normalized spacial score (nSPS) is 13.8. The number of sulfonamides is 1. The summed E-state index contributed by atoms with van der Waals surface area (Å²) in [4.78, 5) is 11.7. The number of nitrogens with one attached hydrogen (secondary N) is 1. The standard InChI is InChI=1S/C22H23FN4O4S/c1-2-31-22(28)15-7-10-17(11-8-15)32(29,30)26-16-9-12-19(23)18(14-16)21-25-24-20-6-4-3-5-13-27(20)21/h7-12,14,26H,2-6,13H2,1H3. The average Bonchev–Trinajstić information content (AvgIpc) is 3.02. The lowest BCUT2D eigenvalue weighted by atomic mass is 10.1. The average molecular weight is 459 g/mol. The number of aryl methyl sites for hydroxylation is 1. The van der Waals surface area contributed by atoms with Crippen LogP contribution in [0.5, 0.6) is 0 Å². The number of esters is 1. The van der Waals surface area contributed by atoms with E-state index in [1.807, 2.05) is 4.57 Å². The van der Waals surface area contributed by atoms with Gasteiger partial charge in [-0.05, 0) is 62.2 Å². The molecular weight excluding hydrogens is 435 g/mol. The summed E-state index contributed by atoms with van der Waals surface area (Å²) < 4.78 is 49.5. The smallest absolute Gasteiger partial charge is 0.338 e. The summed E-state index contributed by atoms with van der Waals surface area (Å²) in [6.45, 7) is 2.61. The molecule has 0 bridgehead atoms. The van der Waals surface area contributed by atoms with Crippen LogP contribution in [0.15, 0.2) is 47.4 Å². The van der Waals surface area contributed by atoms with E-state index in [1.54, 1.807) is 6.92 Å². The summed E-state index contributed by atoms with van der Waals surface area (Å²) in [5.41, 5.74) is 0.632. The molecule has 0 atom stereocenters. The van der Waals surface area contributed by atoms with Crippen LogP contribution >= 0.6 is 0 Å². The van der Waals surface area contributed by atoms with Gasteiger partial charge in [0.1, 0.15) is 11.6 Å². The number of nitrogens with zero attached hydrogens (tertiary/aromatic N) is 3. The molecule has 10 heteroatoms. The van der Waals surface area contributed by atoms with Gasteiger partial charge >= 0.3 is 5.97 Å². The molecule has 4 rings (SSSR count). The molecule has 0 spiro atoms. The number of anilines is 1. The van der Waals surface area contributed by atoms with Crippen LogP contribution < -0.4 is 4.72 Å². The molecule has 8 nitrogen and oxygen atoms in total. The van der Waals surface area contributed by atoms with Gasteiger partial charge in [0.15, 0.2) is 5.82 Å². The first-order valence-corrected chi connectivity index (χ1v) is 11.9. The zero-order valence-corrected chi connectivity index (χ0v) is 18.4. The number of carbonyl (C=O) groups is 1. The van der Waals surface area contributed by atoms with Crippen molar-refractivity contribution in [3.05, 3.63) is 59.7 Å². The van der Waals surface area contributed by atoms with Gasteiger partial charge in [-0.25, -0.2) is 17.6 Å². The quantitative estimate of drug-likeness (QED) is 0.564. The van der Waals surface area contributed by atoms with E-state index in [4.69, 9.17) is 4.74 Å². The van der Waals surface area contributed by atoms with Crippen LogP contribution in [-0.2, 0) is 27.7 Å². The summed E-state index contributed by atoms with van der Waals surface area (Å²) in [6, 6.07) is 9.37. The van der Waals surface area contributed by atoms with Crippen molar-refractivity contribution >= 4 is 21.7 Å². The summed E-state index contributed by atoms with van der Waals surface area (Å²) in [5.74, 6) is 0.162. The number of halogens is 1. The van der Waals surface area contributed by atoms with Crippen molar-refractivity contribution in [2.75, 3.05) is 11.3 Å². The number of ether oxygens (including phenoxy) is 1. The first-order chi connectivity index (χ1) is 15.4. The minimum absolute atomic E-state index is 0.0345. The fourth-order valence-corrected chi connectivity index (χ4v) is 4.69. The Morgan fingerprint density at radius 1 is 1.12 bits per heavy atom. The van der Waals surface area contributed by atoms with Crippen LogP contribution in [0.1, 0.15) is 42.4 Å². The van der Waals surface area contributed by atoms with E-state index < -0.39 is 21.8 Å². The van der Waals surface area contributed by atoms with Crippen LogP contribution in [0.2, 0.25) is 0 Å². The Kier molecular flexibility index (Phi) is 6.22. The van der Waals surface area contributed by atoms with Gasteiger partial charge < -0.3 is 9.30 Å². The molecule has 1 N–H and O–H groups in total. The van der Waals surface area contributed by atoms with Gasteiger partial charge in [-0.3, -0.25) is 4.72 Å². The van der Waals surface area contributed by atoms with E-state index in [2.05, 4.69) is 14.9 Å². The first-order valence-electron chi connectivity index (χ1n) is 10.4. The van der Waals surface area contributed by atoms with Gasteiger partial charge in [-0.1, -0.05) is 6.42 Å². The maximum atomic E-state index is 14.6. The molecule has 0 unspecified atom stereocenters. The lowest BCUT2D eigenvalue weighted by Crippen LogP contribution is -2.14. The first kappa shape index (κ1) is 21.9. The highest BCUT2D eigenvalue weighted by Crippen LogP contribution is 2.28. The van der Waals surface area contributed by atoms with Gasteiger partial charge in [-0.2, -0.15) is 0 Å². The molecule has 1 aliphatic heterocycles. The van der Waals surface area contributed by atoms with E-state index in [1.165, 1.54) is 42.5 Å². The summed E-state index contributed by atoms with van der Waals surface area (Å²) in [5, 5.41) is 8.35. The van der Waals surface area contributed by atoms with Crippen LogP contribution in [0.4, 0.5) is 10.1 Å². The van der Waals surface area contributed by atoms with Crippen LogP contribution in [0, 0.1) is 5.82 Å². The van der Waals surface area contributed by atoms with Gasteiger partial charge in [0, 0.05) is 18.7 Å². The van der Waals surface area contributed by atoms with Crippen LogP contribution in [0.3, 0.4) is 0 Å². The van der Waals surface area contributed by atoms with Crippen LogP contribution in [-0.4, -0.2) is 35.8 Å². The van der Waals surface area contributed by atoms with E-state index in [0.717, 1.165) is 31.5 Å². The molecule has 2 aromatic carbocycles. The zero-order valence-electron chi connectivity index (χ0n) is 17.5. The molecule has 1 aromatic heterocycles. The van der Waals surface area contributed by atoms with Gasteiger partial charge in [-0.15, -0.1) is 10.2 Å². The van der Waals surface area contributed by atoms with Crippen molar-refractivity contribution in [3.63, 3.8) is 0 Å². The topological polar surface area (TPSA) is 103 Å². The third kappa shape index (κ3) is 4.50. The predicted molar refractivity (Wildman–Crippen MR) is 116 cm³/mol. The highest BCUT2D eigenvalue weighted by Gasteiger charge is 2.21. The van der Waals surface area contributed by atoms with Crippen molar-refractivity contribution in [2.45, 2.75) is 44.0 Å². The molecule has 0 radical (unpaired) electrons. The number of rotatable bonds is 6. The van der Waals surface area contributed by atoms with Crippen molar-refractivity contribution < 1.29 is 22.3 Å². The molecule has 168 valence electrons. The highest BCUT2D eigenvalue weighted by molar-refractivity contribution is 7.92. The Morgan fingerprint density at radius 3 is 2.66 bits per heavy atom. The minimum atomic E-state index is -3.96. The molecular formula is C22H23FN4O4S. The molecule has 0 saturated carbocycles. The minimum Gasteiger partial charge on any atom is -0.462 e. The molecule has 1 aliphatic rings. The van der Waals surface area contributed by atoms with E-state index in [-0.39, 0.29) is 28.3 Å². The number of fused-ring (bicyclic) bond motifs is 1. The molecule has 32 heavy (non-hydrogen) atoms. The maximum absolute atomic E-state index is 14.6.